The Morgan fingerprint density at radius 2 is 2.21 bits per heavy atom. The summed E-state index contributed by atoms with van der Waals surface area (Å²) >= 11 is 7.14. The van der Waals surface area contributed by atoms with Crippen LogP contribution in [0.25, 0.3) is 10.6 Å². The third kappa shape index (κ3) is 3.27. The molecule has 0 aliphatic carbocycles. The van der Waals surface area contributed by atoms with Crippen molar-refractivity contribution in [3.8, 4) is 10.6 Å². The van der Waals surface area contributed by atoms with E-state index in [1.54, 1.807) is 12.1 Å². The summed E-state index contributed by atoms with van der Waals surface area (Å²) in [6.45, 7) is 1.84. The molecule has 100 valence electrons. The Morgan fingerprint density at radius 1 is 1.42 bits per heavy atom. The molecule has 7 heteroatoms. The van der Waals surface area contributed by atoms with Crippen LogP contribution in [0.1, 0.15) is 17.0 Å². The zero-order valence-electron chi connectivity index (χ0n) is 10.3. The largest absolute Gasteiger partial charge is 0.269 e. The number of hydrogen-bond acceptors (Lipinski definition) is 5. The Hall–Kier alpha value is -1.53. The van der Waals surface area contributed by atoms with Crippen LogP contribution in [0.2, 0.25) is 0 Å². The molecule has 2 aromatic rings. The van der Waals surface area contributed by atoms with Crippen LogP contribution in [0.15, 0.2) is 18.2 Å². The molecular weight excluding hydrogens is 286 g/mol. The van der Waals surface area contributed by atoms with Gasteiger partial charge in [0.1, 0.15) is 10.0 Å². The standard InChI is InChI=1S/C12H12ClN3O2S/c1-8-7-9(16(17)18)4-5-10(8)12-15-14-11(19-12)3-2-6-13/h4-5,7H,2-3,6H2,1H3. The zero-order valence-corrected chi connectivity index (χ0v) is 11.9. The lowest BCUT2D eigenvalue weighted by Crippen LogP contribution is -1.90. The highest BCUT2D eigenvalue weighted by Gasteiger charge is 2.12. The molecule has 0 aliphatic rings. The first-order valence-electron chi connectivity index (χ1n) is 5.75. The van der Waals surface area contributed by atoms with E-state index in [2.05, 4.69) is 10.2 Å². The summed E-state index contributed by atoms with van der Waals surface area (Å²) in [5.74, 6) is 0.603. The molecule has 0 aliphatic heterocycles. The molecule has 0 saturated carbocycles. The Morgan fingerprint density at radius 3 is 2.84 bits per heavy atom. The first-order valence-corrected chi connectivity index (χ1v) is 7.10. The molecule has 0 amide bonds. The van der Waals surface area contributed by atoms with Crippen molar-refractivity contribution in [1.82, 2.24) is 10.2 Å². The van der Waals surface area contributed by atoms with Gasteiger partial charge in [-0.2, -0.15) is 0 Å². The Kier molecular flexibility index (Phi) is 4.44. The van der Waals surface area contributed by atoms with Crippen LogP contribution in [0.3, 0.4) is 0 Å². The Bertz CT molecular complexity index is 600. The number of alkyl halides is 1. The van der Waals surface area contributed by atoms with E-state index in [1.807, 2.05) is 6.92 Å². The van der Waals surface area contributed by atoms with Crippen LogP contribution in [0.4, 0.5) is 5.69 Å². The number of aryl methyl sites for hydroxylation is 2. The molecule has 0 saturated heterocycles. The van der Waals surface area contributed by atoms with E-state index in [9.17, 15) is 10.1 Å². The highest BCUT2D eigenvalue weighted by Crippen LogP contribution is 2.29. The maximum absolute atomic E-state index is 10.7. The van der Waals surface area contributed by atoms with Crippen molar-refractivity contribution in [1.29, 1.82) is 0 Å². The molecule has 1 heterocycles. The summed E-state index contributed by atoms with van der Waals surface area (Å²) in [4.78, 5) is 10.3. The number of nitro benzene ring substituents is 1. The van der Waals surface area contributed by atoms with E-state index in [0.717, 1.165) is 34.0 Å². The van der Waals surface area contributed by atoms with Crippen molar-refractivity contribution in [2.24, 2.45) is 0 Å². The average molecular weight is 298 g/mol. The van der Waals surface area contributed by atoms with Gasteiger partial charge in [-0.1, -0.05) is 11.3 Å². The van der Waals surface area contributed by atoms with Crippen LogP contribution in [0, 0.1) is 17.0 Å². The van der Waals surface area contributed by atoms with E-state index >= 15 is 0 Å². The van der Waals surface area contributed by atoms with Crippen molar-refractivity contribution in [3.05, 3.63) is 38.9 Å². The molecule has 0 radical (unpaired) electrons. The maximum Gasteiger partial charge on any atom is 0.269 e. The first-order chi connectivity index (χ1) is 9.11. The lowest BCUT2D eigenvalue weighted by molar-refractivity contribution is -0.384. The molecule has 1 aromatic heterocycles. The van der Waals surface area contributed by atoms with Crippen molar-refractivity contribution in [3.63, 3.8) is 0 Å². The van der Waals surface area contributed by atoms with Gasteiger partial charge in [-0.05, 0) is 25.0 Å². The molecule has 0 spiro atoms. The van der Waals surface area contributed by atoms with E-state index < -0.39 is 4.92 Å². The van der Waals surface area contributed by atoms with Crippen LogP contribution in [0.5, 0.6) is 0 Å². The Labute approximate surface area is 119 Å². The number of halogens is 1. The lowest BCUT2D eigenvalue weighted by atomic mass is 10.1. The highest BCUT2D eigenvalue weighted by atomic mass is 35.5. The maximum atomic E-state index is 10.7. The number of nitro groups is 1. The fourth-order valence-corrected chi connectivity index (χ4v) is 2.79. The van der Waals surface area contributed by atoms with Crippen LogP contribution >= 0.6 is 22.9 Å². The van der Waals surface area contributed by atoms with Gasteiger partial charge in [0.15, 0.2) is 0 Å². The van der Waals surface area contributed by atoms with Crippen molar-refractivity contribution in [2.75, 3.05) is 5.88 Å². The second kappa shape index (κ2) is 6.08. The zero-order chi connectivity index (χ0) is 13.8. The van der Waals surface area contributed by atoms with E-state index in [4.69, 9.17) is 11.6 Å². The molecule has 5 nitrogen and oxygen atoms in total. The molecule has 19 heavy (non-hydrogen) atoms. The SMILES string of the molecule is Cc1cc([N+](=O)[O-])ccc1-c1nnc(CCCCl)s1. The summed E-state index contributed by atoms with van der Waals surface area (Å²) in [5, 5.41) is 20.7. The smallest absolute Gasteiger partial charge is 0.258 e. The quantitative estimate of drug-likeness (QED) is 0.480. The van der Waals surface area contributed by atoms with Crippen molar-refractivity contribution >= 4 is 28.6 Å². The highest BCUT2D eigenvalue weighted by molar-refractivity contribution is 7.14. The average Bonchev–Trinajstić information content (AvgIpc) is 2.84. The minimum Gasteiger partial charge on any atom is -0.258 e. The minimum absolute atomic E-state index is 0.0909. The summed E-state index contributed by atoms with van der Waals surface area (Å²) < 4.78 is 0. The van der Waals surface area contributed by atoms with Gasteiger partial charge in [-0.3, -0.25) is 10.1 Å². The van der Waals surface area contributed by atoms with E-state index in [0.29, 0.717) is 5.88 Å². The van der Waals surface area contributed by atoms with Crippen LogP contribution < -0.4 is 0 Å². The normalized spacial score (nSPS) is 10.6. The van der Waals surface area contributed by atoms with E-state index in [1.165, 1.54) is 17.4 Å². The topological polar surface area (TPSA) is 68.9 Å². The summed E-state index contributed by atoms with van der Waals surface area (Å²) in [6.07, 6.45) is 1.68. The molecular formula is C12H12ClN3O2S. The van der Waals surface area contributed by atoms with Crippen LogP contribution in [-0.4, -0.2) is 21.0 Å². The van der Waals surface area contributed by atoms with Crippen molar-refractivity contribution in [2.45, 2.75) is 19.8 Å². The summed E-state index contributed by atoms with van der Waals surface area (Å²) in [5.41, 5.74) is 1.81. The van der Waals surface area contributed by atoms with Crippen LogP contribution in [-0.2, 0) is 6.42 Å². The molecule has 0 fully saturated rings. The molecule has 0 bridgehead atoms. The summed E-state index contributed by atoms with van der Waals surface area (Å²) in [6, 6.07) is 4.76. The number of non-ortho nitro benzene ring substituents is 1. The van der Waals surface area contributed by atoms with Gasteiger partial charge in [0.25, 0.3) is 5.69 Å². The first kappa shape index (κ1) is 13.9. The van der Waals surface area contributed by atoms with Crippen molar-refractivity contribution < 1.29 is 4.92 Å². The van der Waals surface area contributed by atoms with Gasteiger partial charge in [0.2, 0.25) is 0 Å². The van der Waals surface area contributed by atoms with Gasteiger partial charge < -0.3 is 0 Å². The second-order valence-corrected chi connectivity index (χ2v) is 5.49. The summed E-state index contributed by atoms with van der Waals surface area (Å²) in [7, 11) is 0. The van der Waals surface area contributed by atoms with Gasteiger partial charge in [-0.15, -0.1) is 21.8 Å². The van der Waals surface area contributed by atoms with Gasteiger partial charge in [-0.25, -0.2) is 0 Å². The third-order valence-corrected chi connectivity index (χ3v) is 3.93. The van der Waals surface area contributed by atoms with Gasteiger partial charge >= 0.3 is 0 Å². The number of rotatable bonds is 5. The monoisotopic (exact) mass is 297 g/mol. The molecule has 0 unspecified atom stereocenters. The Balaban J connectivity index is 2.26. The lowest BCUT2D eigenvalue weighted by Gasteiger charge is -2.00. The molecule has 0 N–H and O–H groups in total. The number of hydrogen-bond donors (Lipinski definition) is 0. The second-order valence-electron chi connectivity index (χ2n) is 4.05. The third-order valence-electron chi connectivity index (χ3n) is 2.64. The van der Waals surface area contributed by atoms with E-state index in [-0.39, 0.29) is 5.69 Å². The molecule has 1 aromatic carbocycles. The predicted molar refractivity (Wildman–Crippen MR) is 75.8 cm³/mol. The number of aromatic nitrogens is 2. The fraction of sp³-hybridized carbons (Fsp3) is 0.333. The predicted octanol–water partition coefficient (Wildman–Crippen LogP) is 3.59. The van der Waals surface area contributed by atoms with Gasteiger partial charge in [0.05, 0.1) is 4.92 Å². The van der Waals surface area contributed by atoms with Gasteiger partial charge in [0, 0.05) is 30.0 Å². The minimum atomic E-state index is -0.400. The number of nitrogens with zero attached hydrogens (tertiary/aromatic N) is 3. The molecule has 2 rings (SSSR count). The number of benzene rings is 1. The molecule has 0 atom stereocenters. The fourth-order valence-electron chi connectivity index (χ4n) is 1.68.